The predicted molar refractivity (Wildman–Crippen MR) is 66.3 cm³/mol. The molecule has 3 heteroatoms. The normalized spacial score (nSPS) is 18.0. The number of aryl methyl sites for hydroxylation is 1. The van der Waals surface area contributed by atoms with Crippen LogP contribution in [0.2, 0.25) is 0 Å². The molecule has 0 unspecified atom stereocenters. The minimum absolute atomic E-state index is 0.613. The average molecular weight is 221 g/mol. The van der Waals surface area contributed by atoms with Crippen LogP contribution in [-0.2, 0) is 13.5 Å². The minimum Gasteiger partial charge on any atom is -0.338 e. The fourth-order valence-electron chi connectivity index (χ4n) is 2.29. The smallest absolute Gasteiger partial charge is 0.109 e. The molecule has 0 atom stereocenters. The zero-order chi connectivity index (χ0) is 11.6. The van der Waals surface area contributed by atoms with Crippen molar-refractivity contribution in [3.8, 4) is 0 Å². The minimum atomic E-state index is 0.613. The number of rotatable bonds is 6. The van der Waals surface area contributed by atoms with Crippen molar-refractivity contribution in [3.63, 3.8) is 0 Å². The van der Waals surface area contributed by atoms with Crippen LogP contribution in [0.3, 0.4) is 0 Å². The molecule has 1 saturated carbocycles. The van der Waals surface area contributed by atoms with Gasteiger partial charge < -0.3 is 9.88 Å². The summed E-state index contributed by atoms with van der Waals surface area (Å²) in [6.07, 6.45) is 7.70. The molecule has 0 amide bonds. The molecule has 0 bridgehead atoms. The number of hydrogen-bond acceptors (Lipinski definition) is 2. The van der Waals surface area contributed by atoms with E-state index in [0.29, 0.717) is 5.41 Å². The molecule has 0 spiro atoms. The van der Waals surface area contributed by atoms with Crippen LogP contribution in [0.15, 0.2) is 12.4 Å². The van der Waals surface area contributed by atoms with Gasteiger partial charge in [-0.3, -0.25) is 0 Å². The largest absolute Gasteiger partial charge is 0.338 e. The van der Waals surface area contributed by atoms with E-state index >= 15 is 0 Å². The first-order valence-corrected chi connectivity index (χ1v) is 6.31. The van der Waals surface area contributed by atoms with Crippen molar-refractivity contribution < 1.29 is 0 Å². The number of nitrogens with zero attached hydrogens (tertiary/aromatic N) is 2. The van der Waals surface area contributed by atoms with E-state index in [0.717, 1.165) is 18.9 Å². The highest BCUT2D eigenvalue weighted by Gasteiger charge is 2.44. The SMILES string of the molecule is CC(C)C1(CNCCc2nccn2C)CC1. The van der Waals surface area contributed by atoms with Gasteiger partial charge in [0, 0.05) is 39.0 Å². The third kappa shape index (κ3) is 2.46. The quantitative estimate of drug-likeness (QED) is 0.745. The Labute approximate surface area is 98.3 Å². The molecule has 1 N–H and O–H groups in total. The van der Waals surface area contributed by atoms with Gasteiger partial charge in [-0.2, -0.15) is 0 Å². The van der Waals surface area contributed by atoms with E-state index in [1.807, 2.05) is 12.4 Å². The fourth-order valence-corrected chi connectivity index (χ4v) is 2.29. The van der Waals surface area contributed by atoms with E-state index in [2.05, 4.69) is 35.8 Å². The topological polar surface area (TPSA) is 29.9 Å². The Kier molecular flexibility index (Phi) is 3.33. The third-order valence-corrected chi connectivity index (χ3v) is 4.04. The first-order valence-electron chi connectivity index (χ1n) is 6.31. The molecule has 1 aromatic heterocycles. The van der Waals surface area contributed by atoms with E-state index in [1.165, 1.54) is 25.2 Å². The highest BCUT2D eigenvalue weighted by Crippen LogP contribution is 2.51. The van der Waals surface area contributed by atoms with Gasteiger partial charge in [-0.1, -0.05) is 13.8 Å². The zero-order valence-corrected chi connectivity index (χ0v) is 10.7. The Bertz CT molecular complexity index is 337. The zero-order valence-electron chi connectivity index (χ0n) is 10.7. The molecule has 1 aliphatic carbocycles. The molecule has 0 aromatic carbocycles. The third-order valence-electron chi connectivity index (χ3n) is 4.04. The van der Waals surface area contributed by atoms with E-state index in [4.69, 9.17) is 0 Å². The molecular formula is C13H23N3. The van der Waals surface area contributed by atoms with Crippen molar-refractivity contribution in [1.29, 1.82) is 0 Å². The Balaban J connectivity index is 1.68. The van der Waals surface area contributed by atoms with Gasteiger partial charge >= 0.3 is 0 Å². The Morgan fingerprint density at radius 3 is 2.75 bits per heavy atom. The molecule has 1 heterocycles. The van der Waals surface area contributed by atoms with Gasteiger partial charge in [0.25, 0.3) is 0 Å². The number of aromatic nitrogens is 2. The molecule has 3 nitrogen and oxygen atoms in total. The molecule has 2 rings (SSSR count). The maximum absolute atomic E-state index is 4.32. The van der Waals surface area contributed by atoms with E-state index in [-0.39, 0.29) is 0 Å². The van der Waals surface area contributed by atoms with Gasteiger partial charge in [-0.15, -0.1) is 0 Å². The monoisotopic (exact) mass is 221 g/mol. The van der Waals surface area contributed by atoms with Gasteiger partial charge in [0.05, 0.1) is 0 Å². The summed E-state index contributed by atoms with van der Waals surface area (Å²) in [5, 5.41) is 3.58. The van der Waals surface area contributed by atoms with Crippen LogP contribution >= 0.6 is 0 Å². The van der Waals surface area contributed by atoms with E-state index < -0.39 is 0 Å². The van der Waals surface area contributed by atoms with Crippen LogP contribution in [0, 0.1) is 11.3 Å². The van der Waals surface area contributed by atoms with Crippen molar-refractivity contribution >= 4 is 0 Å². The van der Waals surface area contributed by atoms with Gasteiger partial charge in [-0.05, 0) is 24.2 Å². The Morgan fingerprint density at radius 2 is 2.25 bits per heavy atom. The second-order valence-corrected chi connectivity index (χ2v) is 5.40. The molecule has 1 aromatic rings. The van der Waals surface area contributed by atoms with Crippen LogP contribution < -0.4 is 5.32 Å². The molecule has 0 radical (unpaired) electrons. The molecule has 0 saturated heterocycles. The summed E-state index contributed by atoms with van der Waals surface area (Å²) in [5.41, 5.74) is 0.613. The Morgan fingerprint density at radius 1 is 1.50 bits per heavy atom. The van der Waals surface area contributed by atoms with Gasteiger partial charge in [-0.25, -0.2) is 4.98 Å². The molecule has 1 aliphatic rings. The summed E-state index contributed by atoms with van der Waals surface area (Å²) in [6.45, 7) is 6.90. The summed E-state index contributed by atoms with van der Waals surface area (Å²) in [6, 6.07) is 0. The summed E-state index contributed by atoms with van der Waals surface area (Å²) in [4.78, 5) is 4.32. The average Bonchev–Trinajstić information content (AvgIpc) is 2.93. The molecule has 1 fully saturated rings. The highest BCUT2D eigenvalue weighted by atomic mass is 15.0. The number of nitrogens with one attached hydrogen (secondary N) is 1. The highest BCUT2D eigenvalue weighted by molar-refractivity contribution is 4.97. The predicted octanol–water partition coefficient (Wildman–Crippen LogP) is 1.99. The van der Waals surface area contributed by atoms with Gasteiger partial charge in [0.2, 0.25) is 0 Å². The standard InChI is InChI=1S/C13H23N3/c1-11(2)13(5-6-13)10-14-7-4-12-15-8-9-16(12)3/h8-9,11,14H,4-7,10H2,1-3H3. The van der Waals surface area contributed by atoms with Crippen LogP contribution in [0.25, 0.3) is 0 Å². The second-order valence-electron chi connectivity index (χ2n) is 5.40. The maximum atomic E-state index is 4.32. The van der Waals surface area contributed by atoms with Crippen molar-refractivity contribution in [3.05, 3.63) is 18.2 Å². The van der Waals surface area contributed by atoms with Crippen LogP contribution in [0.1, 0.15) is 32.5 Å². The number of imidazole rings is 1. The summed E-state index contributed by atoms with van der Waals surface area (Å²) in [5.74, 6) is 1.98. The fraction of sp³-hybridized carbons (Fsp3) is 0.769. The van der Waals surface area contributed by atoms with Crippen LogP contribution in [0.5, 0.6) is 0 Å². The van der Waals surface area contributed by atoms with E-state index in [9.17, 15) is 0 Å². The lowest BCUT2D eigenvalue weighted by atomic mass is 9.92. The van der Waals surface area contributed by atoms with Crippen molar-refractivity contribution in [2.45, 2.75) is 33.1 Å². The lowest BCUT2D eigenvalue weighted by molar-refractivity contribution is 0.339. The van der Waals surface area contributed by atoms with E-state index in [1.54, 1.807) is 0 Å². The van der Waals surface area contributed by atoms with Crippen molar-refractivity contribution in [2.24, 2.45) is 18.4 Å². The second kappa shape index (κ2) is 4.58. The Hall–Kier alpha value is -0.830. The first-order chi connectivity index (χ1) is 7.64. The van der Waals surface area contributed by atoms with Gasteiger partial charge in [0.1, 0.15) is 5.82 Å². The van der Waals surface area contributed by atoms with Gasteiger partial charge in [0.15, 0.2) is 0 Å². The van der Waals surface area contributed by atoms with Crippen LogP contribution in [-0.4, -0.2) is 22.6 Å². The maximum Gasteiger partial charge on any atom is 0.109 e. The van der Waals surface area contributed by atoms with Crippen molar-refractivity contribution in [1.82, 2.24) is 14.9 Å². The van der Waals surface area contributed by atoms with Crippen LogP contribution in [0.4, 0.5) is 0 Å². The van der Waals surface area contributed by atoms with Crippen molar-refractivity contribution in [2.75, 3.05) is 13.1 Å². The summed E-state index contributed by atoms with van der Waals surface area (Å²) >= 11 is 0. The summed E-state index contributed by atoms with van der Waals surface area (Å²) in [7, 11) is 2.05. The first kappa shape index (κ1) is 11.6. The molecule has 0 aliphatic heterocycles. The number of hydrogen-bond donors (Lipinski definition) is 1. The summed E-state index contributed by atoms with van der Waals surface area (Å²) < 4.78 is 2.09. The lowest BCUT2D eigenvalue weighted by Crippen LogP contribution is -2.29. The molecule has 16 heavy (non-hydrogen) atoms. The molecular weight excluding hydrogens is 198 g/mol. The lowest BCUT2D eigenvalue weighted by Gasteiger charge is -2.19. The molecule has 90 valence electrons.